The van der Waals surface area contributed by atoms with Gasteiger partial charge in [0.2, 0.25) is 0 Å². The molecule has 0 aromatic rings. The Morgan fingerprint density at radius 2 is 0.962 bits per heavy atom. The minimum atomic E-state index is -4.88. The third-order valence-electron chi connectivity index (χ3n) is 1.66. The van der Waals surface area contributed by atoms with Gasteiger partial charge in [0, 0.05) is 28.4 Å². The molecule has 0 amide bonds. The third kappa shape index (κ3) is 17.8. The van der Waals surface area contributed by atoms with Crippen molar-refractivity contribution in [1.29, 1.82) is 0 Å². The number of ether oxygens (including phenoxy) is 4. The number of aliphatic hydroxyl groups excluding tert-OH is 1. The minimum Gasteiger partial charge on any atom is -0.361 e. The molecule has 5 nitrogen and oxygen atoms in total. The fourth-order valence-corrected chi connectivity index (χ4v) is 0.631. The van der Waals surface area contributed by atoms with Gasteiger partial charge >= 0.3 is 18.5 Å². The van der Waals surface area contributed by atoms with E-state index in [1.807, 2.05) is 0 Å². The molecule has 0 saturated heterocycles. The molecule has 0 aliphatic heterocycles. The molecule has 0 radical (unpaired) electrons. The van der Waals surface area contributed by atoms with Crippen LogP contribution in [0.4, 0.5) is 48.6 Å². The second kappa shape index (κ2) is 14.1. The maximum atomic E-state index is 11.5. The SMILES string of the molecule is COC(F)C(F)(F)F.COC(O)C(F)(F)F.COC(OC)C(F)(F)F.F. The summed E-state index contributed by atoms with van der Waals surface area (Å²) in [6.07, 6.45) is -21.9. The molecule has 0 aromatic carbocycles. The maximum Gasteiger partial charge on any atom is 0.445 e. The average Bonchev–Trinajstić information content (AvgIpc) is 2.44. The number of hydrogen-bond acceptors (Lipinski definition) is 5. The van der Waals surface area contributed by atoms with Crippen molar-refractivity contribution >= 4 is 0 Å². The van der Waals surface area contributed by atoms with Crippen LogP contribution in [-0.2, 0) is 18.9 Å². The molecule has 0 aliphatic rings. The van der Waals surface area contributed by atoms with E-state index in [2.05, 4.69) is 18.9 Å². The van der Waals surface area contributed by atoms with Crippen molar-refractivity contribution in [1.82, 2.24) is 0 Å². The van der Waals surface area contributed by atoms with Crippen LogP contribution in [-0.4, -0.2) is 71.0 Å². The lowest BCUT2D eigenvalue weighted by Gasteiger charge is -2.15. The molecule has 0 fully saturated rings. The predicted molar refractivity (Wildman–Crippen MR) is 63.4 cm³/mol. The molecule has 0 bridgehead atoms. The second-order valence-electron chi connectivity index (χ2n) is 3.57. The highest BCUT2D eigenvalue weighted by Crippen LogP contribution is 2.23. The van der Waals surface area contributed by atoms with Crippen molar-refractivity contribution < 1.29 is 72.7 Å². The first-order chi connectivity index (χ1) is 11.0. The molecule has 0 heterocycles. The van der Waals surface area contributed by atoms with Crippen LogP contribution < -0.4 is 0 Å². The first-order valence-corrected chi connectivity index (χ1v) is 5.62. The number of rotatable bonds is 4. The zero-order valence-corrected chi connectivity index (χ0v) is 13.5. The lowest BCUT2D eigenvalue weighted by atomic mass is 10.6. The normalized spacial score (nSPS) is 14.3. The summed E-state index contributed by atoms with van der Waals surface area (Å²) in [5, 5.41) is 7.85. The van der Waals surface area contributed by atoms with Crippen LogP contribution in [0.25, 0.3) is 0 Å². The maximum absolute atomic E-state index is 11.5. The lowest BCUT2D eigenvalue weighted by molar-refractivity contribution is -0.294. The van der Waals surface area contributed by atoms with Gasteiger partial charge in [0.15, 0.2) is 0 Å². The van der Waals surface area contributed by atoms with Crippen molar-refractivity contribution in [3.05, 3.63) is 0 Å². The molecular formula is C10H17F11O5. The van der Waals surface area contributed by atoms with Crippen LogP contribution in [0.5, 0.6) is 0 Å². The number of aliphatic hydroxyl groups is 1. The fraction of sp³-hybridized carbons (Fsp3) is 1.00. The molecule has 0 rings (SSSR count). The lowest BCUT2D eigenvalue weighted by Crippen LogP contribution is -2.32. The van der Waals surface area contributed by atoms with Crippen LogP contribution in [0.3, 0.4) is 0 Å². The van der Waals surface area contributed by atoms with Crippen LogP contribution in [0.15, 0.2) is 0 Å². The van der Waals surface area contributed by atoms with E-state index in [0.29, 0.717) is 7.11 Å². The molecule has 0 spiro atoms. The second-order valence-corrected chi connectivity index (χ2v) is 3.57. The minimum absolute atomic E-state index is 0. The van der Waals surface area contributed by atoms with Gasteiger partial charge in [-0.15, -0.1) is 0 Å². The third-order valence-corrected chi connectivity index (χ3v) is 1.66. The largest absolute Gasteiger partial charge is 0.445 e. The van der Waals surface area contributed by atoms with E-state index in [0.717, 1.165) is 21.3 Å². The molecule has 2 unspecified atom stereocenters. The highest BCUT2D eigenvalue weighted by molar-refractivity contribution is 4.53. The predicted octanol–water partition coefficient (Wildman–Crippen LogP) is 3.32. The van der Waals surface area contributed by atoms with Crippen molar-refractivity contribution in [3.8, 4) is 0 Å². The Hall–Kier alpha value is -0.970. The van der Waals surface area contributed by atoms with Crippen LogP contribution >= 0.6 is 0 Å². The molecule has 16 heteroatoms. The highest BCUT2D eigenvalue weighted by atomic mass is 19.4. The van der Waals surface area contributed by atoms with Crippen molar-refractivity contribution in [2.75, 3.05) is 28.4 Å². The van der Waals surface area contributed by atoms with Crippen LogP contribution in [0.2, 0.25) is 0 Å². The van der Waals surface area contributed by atoms with Gasteiger partial charge in [0.25, 0.3) is 18.9 Å². The number of alkyl halides is 10. The van der Waals surface area contributed by atoms with Crippen molar-refractivity contribution in [3.63, 3.8) is 0 Å². The Balaban J connectivity index is -0.000000137. The molecule has 0 saturated carbocycles. The van der Waals surface area contributed by atoms with Gasteiger partial charge in [-0.05, 0) is 0 Å². The van der Waals surface area contributed by atoms with Gasteiger partial charge in [-0.25, -0.2) is 4.39 Å². The monoisotopic (exact) mass is 426 g/mol. The van der Waals surface area contributed by atoms with E-state index in [1.54, 1.807) is 0 Å². The zero-order valence-electron chi connectivity index (χ0n) is 13.5. The first kappa shape index (κ1) is 32.7. The van der Waals surface area contributed by atoms with E-state index in [-0.39, 0.29) is 4.70 Å². The molecular weight excluding hydrogens is 409 g/mol. The number of halogens is 11. The topological polar surface area (TPSA) is 57.2 Å². The molecule has 0 aromatic heterocycles. The summed E-state index contributed by atoms with van der Waals surface area (Å²) in [6, 6.07) is 0. The Bertz CT molecular complexity index is 294. The Morgan fingerprint density at radius 3 is 0.962 bits per heavy atom. The quantitative estimate of drug-likeness (QED) is 0.552. The summed E-state index contributed by atoms with van der Waals surface area (Å²) < 4.78 is 126. The Kier molecular flexibility index (Phi) is 17.8. The summed E-state index contributed by atoms with van der Waals surface area (Å²) in [5.41, 5.74) is 0. The smallest absolute Gasteiger partial charge is 0.361 e. The molecule has 1 N–H and O–H groups in total. The Morgan fingerprint density at radius 1 is 0.615 bits per heavy atom. The van der Waals surface area contributed by atoms with Crippen molar-refractivity contribution in [2.45, 2.75) is 37.5 Å². The van der Waals surface area contributed by atoms with Gasteiger partial charge in [0.1, 0.15) is 0 Å². The van der Waals surface area contributed by atoms with Gasteiger partial charge in [-0.2, -0.15) is 39.5 Å². The van der Waals surface area contributed by atoms with E-state index in [4.69, 9.17) is 5.11 Å². The summed E-state index contributed by atoms with van der Waals surface area (Å²) in [4.78, 5) is 0. The van der Waals surface area contributed by atoms with Gasteiger partial charge in [-0.3, -0.25) is 4.70 Å². The molecule has 26 heavy (non-hydrogen) atoms. The molecule has 2 atom stereocenters. The molecule has 0 aliphatic carbocycles. The van der Waals surface area contributed by atoms with Crippen LogP contribution in [0.1, 0.15) is 0 Å². The molecule has 164 valence electrons. The first-order valence-electron chi connectivity index (χ1n) is 5.62. The summed E-state index contributed by atoms with van der Waals surface area (Å²) >= 11 is 0. The fourth-order valence-electron chi connectivity index (χ4n) is 0.631. The number of hydrogen-bond donors (Lipinski definition) is 1. The van der Waals surface area contributed by atoms with E-state index >= 15 is 0 Å². The van der Waals surface area contributed by atoms with Crippen molar-refractivity contribution in [2.24, 2.45) is 0 Å². The number of methoxy groups -OCH3 is 4. The standard InChI is InChI=1S/C4H7F3O2.C3H4F4O.C3H5F3O2.FH/c1-8-3(9-2)4(5,6)7;1-8-2(4)3(5,6)7;1-8-2(7)3(4,5)6;/h3H,1-2H3;2H,1H3;2,7H,1H3;1H. The highest BCUT2D eigenvalue weighted by Gasteiger charge is 2.41. The van der Waals surface area contributed by atoms with E-state index in [1.165, 1.54) is 0 Å². The van der Waals surface area contributed by atoms with Crippen LogP contribution in [0, 0.1) is 0 Å². The van der Waals surface area contributed by atoms with Gasteiger partial charge in [-0.1, -0.05) is 0 Å². The zero-order chi connectivity index (χ0) is 21.1. The Labute approximate surface area is 140 Å². The van der Waals surface area contributed by atoms with Gasteiger partial charge in [0.05, 0.1) is 0 Å². The summed E-state index contributed by atoms with van der Waals surface area (Å²) in [5.74, 6) is 0. The summed E-state index contributed by atoms with van der Waals surface area (Å²) in [7, 11) is 3.29. The summed E-state index contributed by atoms with van der Waals surface area (Å²) in [6.45, 7) is 0. The van der Waals surface area contributed by atoms with E-state index in [9.17, 15) is 43.9 Å². The average molecular weight is 426 g/mol. The van der Waals surface area contributed by atoms with Gasteiger partial charge < -0.3 is 24.1 Å². The van der Waals surface area contributed by atoms with E-state index < -0.39 is 37.5 Å².